The smallest absolute Gasteiger partial charge is 0.251 e. The number of hydrazine groups is 1. The van der Waals surface area contributed by atoms with Crippen LogP contribution in [-0.2, 0) is 11.3 Å². The normalized spacial score (nSPS) is 20.9. The lowest BCUT2D eigenvalue weighted by Gasteiger charge is -2.30. The molecule has 1 fully saturated rings. The lowest BCUT2D eigenvalue weighted by atomic mass is 10.00. The van der Waals surface area contributed by atoms with Crippen molar-refractivity contribution in [1.82, 2.24) is 25.5 Å². The molecule has 10 nitrogen and oxygen atoms in total. The quantitative estimate of drug-likeness (QED) is 0.632. The minimum absolute atomic E-state index is 0.0271. The number of nitrogens with one attached hydrogen (secondary N) is 1. The first-order valence-corrected chi connectivity index (χ1v) is 10.6. The van der Waals surface area contributed by atoms with Gasteiger partial charge in [0.2, 0.25) is 18.5 Å². The van der Waals surface area contributed by atoms with E-state index in [1.807, 2.05) is 53.7 Å². The summed E-state index contributed by atoms with van der Waals surface area (Å²) in [6.45, 7) is 0.390. The summed E-state index contributed by atoms with van der Waals surface area (Å²) in [6, 6.07) is 12.9. The van der Waals surface area contributed by atoms with Crippen LogP contribution in [0.15, 0.2) is 59.4 Å². The summed E-state index contributed by atoms with van der Waals surface area (Å²) in [5.41, 5.74) is 5.16. The molecular weight excluding hydrogens is 426 g/mol. The molecule has 2 atom stereocenters. The molecule has 10 heteroatoms. The minimum Gasteiger partial charge on any atom is -0.496 e. The first kappa shape index (κ1) is 19.6. The number of fused-ring (bicyclic) bond motifs is 2. The van der Waals surface area contributed by atoms with E-state index in [0.717, 1.165) is 16.9 Å². The zero-order chi connectivity index (χ0) is 22.4. The maximum Gasteiger partial charge on any atom is 0.251 e. The van der Waals surface area contributed by atoms with Gasteiger partial charge in [-0.3, -0.25) is 4.79 Å². The van der Waals surface area contributed by atoms with Crippen molar-refractivity contribution in [2.75, 3.05) is 13.9 Å². The highest BCUT2D eigenvalue weighted by Crippen LogP contribution is 2.36. The molecular formula is C23H21N5O5. The predicted octanol–water partition coefficient (Wildman–Crippen LogP) is 2.61. The molecule has 3 aliphatic heterocycles. The van der Waals surface area contributed by atoms with E-state index in [0.29, 0.717) is 29.6 Å². The third-order valence-electron chi connectivity index (χ3n) is 5.99. The van der Waals surface area contributed by atoms with Gasteiger partial charge in [-0.1, -0.05) is 23.4 Å². The number of ether oxygens (including phenoxy) is 3. The number of para-hydroxylation sites is 1. The molecule has 2 unspecified atom stereocenters. The van der Waals surface area contributed by atoms with Gasteiger partial charge >= 0.3 is 0 Å². The topological polar surface area (TPSA) is 102 Å². The van der Waals surface area contributed by atoms with Gasteiger partial charge in [0.15, 0.2) is 11.5 Å². The molecule has 0 aliphatic carbocycles. The molecule has 2 aromatic carbocycles. The molecule has 1 aromatic heterocycles. The minimum atomic E-state index is -0.332. The number of nitrogens with zero attached hydrogens (tertiary/aromatic N) is 4. The monoisotopic (exact) mass is 447 g/mol. The van der Waals surface area contributed by atoms with E-state index in [2.05, 4.69) is 15.6 Å². The Labute approximate surface area is 189 Å². The molecule has 3 aliphatic rings. The van der Waals surface area contributed by atoms with Gasteiger partial charge in [-0.15, -0.1) is 0 Å². The number of methoxy groups -OCH3 is 1. The van der Waals surface area contributed by atoms with Crippen LogP contribution in [0.4, 0.5) is 0 Å². The lowest BCUT2D eigenvalue weighted by Crippen LogP contribution is -2.47. The van der Waals surface area contributed by atoms with Crippen molar-refractivity contribution in [3.63, 3.8) is 0 Å². The Kier molecular flexibility index (Phi) is 4.65. The van der Waals surface area contributed by atoms with E-state index in [4.69, 9.17) is 18.7 Å². The summed E-state index contributed by atoms with van der Waals surface area (Å²) in [5, 5.41) is 5.91. The van der Waals surface area contributed by atoms with Crippen LogP contribution < -0.4 is 19.6 Å². The Morgan fingerprint density at radius 1 is 1.15 bits per heavy atom. The Bertz CT molecular complexity index is 1240. The SMILES string of the molecule is COc1ccccc1C1CC2C(=O)N(Cc3nc(-c4ccc5c(c4)OCO5)no3)C=CN2N1. The number of aromatic nitrogens is 2. The fourth-order valence-electron chi connectivity index (χ4n) is 4.34. The van der Waals surface area contributed by atoms with Crippen molar-refractivity contribution in [2.45, 2.75) is 25.0 Å². The molecule has 1 saturated heterocycles. The average Bonchev–Trinajstić information content (AvgIpc) is 3.60. The van der Waals surface area contributed by atoms with Gasteiger partial charge < -0.3 is 28.6 Å². The standard InChI is InChI=1S/C23H21N5O5/c1-30-18-5-3-2-4-15(18)16-11-17-23(29)27(8-9-28(17)25-16)12-21-24-22(26-33-21)14-6-7-19-20(10-14)32-13-31-19/h2-10,16-17,25H,11-13H2,1H3. The zero-order valence-electron chi connectivity index (χ0n) is 17.8. The first-order chi connectivity index (χ1) is 16.2. The van der Waals surface area contributed by atoms with Crippen LogP contribution in [0.2, 0.25) is 0 Å². The Hall–Kier alpha value is -4.05. The maximum atomic E-state index is 13.2. The van der Waals surface area contributed by atoms with Crippen molar-refractivity contribution >= 4 is 5.91 Å². The number of hydrogen-bond acceptors (Lipinski definition) is 9. The highest BCUT2D eigenvalue weighted by molar-refractivity contribution is 5.84. The summed E-state index contributed by atoms with van der Waals surface area (Å²) < 4.78 is 21.6. The van der Waals surface area contributed by atoms with Crippen LogP contribution in [0.1, 0.15) is 23.9 Å². The molecule has 3 aromatic rings. The fourth-order valence-corrected chi connectivity index (χ4v) is 4.34. The second-order valence-electron chi connectivity index (χ2n) is 7.93. The molecule has 1 N–H and O–H groups in total. The Morgan fingerprint density at radius 3 is 2.94 bits per heavy atom. The average molecular weight is 447 g/mol. The van der Waals surface area contributed by atoms with Gasteiger partial charge in [-0.2, -0.15) is 4.98 Å². The highest BCUT2D eigenvalue weighted by Gasteiger charge is 2.41. The first-order valence-electron chi connectivity index (χ1n) is 10.6. The zero-order valence-corrected chi connectivity index (χ0v) is 17.8. The molecule has 0 saturated carbocycles. The predicted molar refractivity (Wildman–Crippen MR) is 115 cm³/mol. The van der Waals surface area contributed by atoms with E-state index in [-0.39, 0.29) is 31.3 Å². The van der Waals surface area contributed by atoms with E-state index in [1.54, 1.807) is 18.2 Å². The van der Waals surface area contributed by atoms with Crippen molar-refractivity contribution in [3.05, 3.63) is 66.3 Å². The molecule has 6 rings (SSSR count). The number of amides is 1. The van der Waals surface area contributed by atoms with Crippen LogP contribution >= 0.6 is 0 Å². The van der Waals surface area contributed by atoms with Crippen molar-refractivity contribution in [1.29, 1.82) is 0 Å². The molecule has 0 spiro atoms. The summed E-state index contributed by atoms with van der Waals surface area (Å²) >= 11 is 0. The summed E-state index contributed by atoms with van der Waals surface area (Å²) in [7, 11) is 1.65. The number of benzene rings is 2. The van der Waals surface area contributed by atoms with E-state index < -0.39 is 0 Å². The molecule has 168 valence electrons. The van der Waals surface area contributed by atoms with Gasteiger partial charge in [0, 0.05) is 23.5 Å². The summed E-state index contributed by atoms with van der Waals surface area (Å²) in [4.78, 5) is 19.2. The van der Waals surface area contributed by atoms with E-state index in [1.165, 1.54) is 0 Å². The summed E-state index contributed by atoms with van der Waals surface area (Å²) in [6.07, 6.45) is 4.20. The third kappa shape index (κ3) is 3.44. The van der Waals surface area contributed by atoms with Crippen LogP contribution in [0.25, 0.3) is 11.4 Å². The van der Waals surface area contributed by atoms with E-state index >= 15 is 0 Å². The van der Waals surface area contributed by atoms with Crippen molar-refractivity contribution in [3.8, 4) is 28.6 Å². The van der Waals surface area contributed by atoms with Crippen LogP contribution in [0.5, 0.6) is 17.2 Å². The Morgan fingerprint density at radius 2 is 2.03 bits per heavy atom. The number of rotatable bonds is 5. The maximum absolute atomic E-state index is 13.2. The van der Waals surface area contributed by atoms with Gasteiger partial charge in [-0.05, 0) is 30.7 Å². The third-order valence-corrected chi connectivity index (χ3v) is 5.99. The second kappa shape index (κ2) is 7.82. The van der Waals surface area contributed by atoms with Gasteiger partial charge in [-0.25, -0.2) is 5.43 Å². The number of carbonyl (C=O) groups excluding carboxylic acids is 1. The number of hydrogen-bond donors (Lipinski definition) is 1. The molecule has 0 bridgehead atoms. The highest BCUT2D eigenvalue weighted by atomic mass is 16.7. The Balaban J connectivity index is 1.16. The van der Waals surface area contributed by atoms with Crippen LogP contribution in [0.3, 0.4) is 0 Å². The largest absolute Gasteiger partial charge is 0.496 e. The molecule has 4 heterocycles. The second-order valence-corrected chi connectivity index (χ2v) is 7.93. The lowest BCUT2D eigenvalue weighted by molar-refractivity contribution is -0.135. The molecule has 33 heavy (non-hydrogen) atoms. The molecule has 0 radical (unpaired) electrons. The van der Waals surface area contributed by atoms with Crippen molar-refractivity contribution < 1.29 is 23.5 Å². The number of carbonyl (C=O) groups is 1. The van der Waals surface area contributed by atoms with Gasteiger partial charge in [0.1, 0.15) is 18.3 Å². The molecule has 1 amide bonds. The van der Waals surface area contributed by atoms with Gasteiger partial charge in [0.05, 0.1) is 13.2 Å². The van der Waals surface area contributed by atoms with Crippen LogP contribution in [-0.4, -0.2) is 45.9 Å². The van der Waals surface area contributed by atoms with Crippen LogP contribution in [0, 0.1) is 0 Å². The summed E-state index contributed by atoms with van der Waals surface area (Å²) in [5.74, 6) is 2.87. The van der Waals surface area contributed by atoms with E-state index in [9.17, 15) is 4.79 Å². The fraction of sp³-hybridized carbons (Fsp3) is 0.261. The van der Waals surface area contributed by atoms with Gasteiger partial charge in [0.25, 0.3) is 5.91 Å². The van der Waals surface area contributed by atoms with Crippen molar-refractivity contribution in [2.24, 2.45) is 0 Å².